The van der Waals surface area contributed by atoms with Crippen molar-refractivity contribution in [3.63, 3.8) is 0 Å². The summed E-state index contributed by atoms with van der Waals surface area (Å²) in [7, 11) is -0.579. The number of hydrogen-bond donors (Lipinski definition) is 1. The highest BCUT2D eigenvalue weighted by atomic mass is 16.7. The van der Waals surface area contributed by atoms with E-state index in [-0.39, 0.29) is 5.91 Å². The van der Waals surface area contributed by atoms with Crippen LogP contribution in [0, 0.1) is 0 Å². The number of nitrogens with zero attached hydrogens (tertiary/aromatic N) is 1. The Labute approximate surface area is 179 Å². The SMILES string of the molecule is CCCCOC(=O)N1CCCC1C(=O)Nc1ccccc1B1OC(C)(C)C(C)(C)O1. The van der Waals surface area contributed by atoms with Crippen LogP contribution in [0.5, 0.6) is 0 Å². The van der Waals surface area contributed by atoms with Gasteiger partial charge in [-0.05, 0) is 53.0 Å². The molecule has 164 valence electrons. The maximum absolute atomic E-state index is 13.0. The Morgan fingerprint density at radius 2 is 1.87 bits per heavy atom. The van der Waals surface area contributed by atoms with Gasteiger partial charge in [-0.25, -0.2) is 4.79 Å². The second-order valence-corrected chi connectivity index (χ2v) is 8.98. The first-order valence-corrected chi connectivity index (χ1v) is 10.8. The van der Waals surface area contributed by atoms with Gasteiger partial charge in [0.05, 0.1) is 17.8 Å². The summed E-state index contributed by atoms with van der Waals surface area (Å²) in [5.41, 5.74) is 0.449. The van der Waals surface area contributed by atoms with Crippen molar-refractivity contribution in [3.05, 3.63) is 24.3 Å². The van der Waals surface area contributed by atoms with E-state index >= 15 is 0 Å². The van der Waals surface area contributed by atoms with Gasteiger partial charge in [-0.2, -0.15) is 0 Å². The molecule has 7 nitrogen and oxygen atoms in total. The smallest absolute Gasteiger partial charge is 0.449 e. The third kappa shape index (κ3) is 4.65. The van der Waals surface area contributed by atoms with Gasteiger partial charge in [-0.15, -0.1) is 0 Å². The number of anilines is 1. The van der Waals surface area contributed by atoms with Gasteiger partial charge in [0.15, 0.2) is 0 Å². The fourth-order valence-electron chi connectivity index (χ4n) is 3.65. The van der Waals surface area contributed by atoms with Crippen LogP contribution in [0.3, 0.4) is 0 Å². The molecule has 30 heavy (non-hydrogen) atoms. The van der Waals surface area contributed by atoms with E-state index in [1.165, 1.54) is 4.90 Å². The summed E-state index contributed by atoms with van der Waals surface area (Å²) in [6.07, 6.45) is 2.75. The number of hydrogen-bond acceptors (Lipinski definition) is 5. The average molecular weight is 416 g/mol. The predicted molar refractivity (Wildman–Crippen MR) is 117 cm³/mol. The quantitative estimate of drug-likeness (QED) is 0.569. The Morgan fingerprint density at radius 3 is 2.53 bits per heavy atom. The van der Waals surface area contributed by atoms with E-state index in [2.05, 4.69) is 5.32 Å². The van der Waals surface area contributed by atoms with Crippen molar-refractivity contribution >= 4 is 30.3 Å². The summed E-state index contributed by atoms with van der Waals surface area (Å²) in [4.78, 5) is 27.0. The molecule has 2 aliphatic heterocycles. The van der Waals surface area contributed by atoms with Crippen LogP contribution in [0.25, 0.3) is 0 Å². The molecule has 1 aromatic carbocycles. The molecule has 0 saturated carbocycles. The Morgan fingerprint density at radius 1 is 1.20 bits per heavy atom. The zero-order valence-corrected chi connectivity index (χ0v) is 18.7. The molecule has 2 saturated heterocycles. The van der Waals surface area contributed by atoms with Crippen LogP contribution in [0.2, 0.25) is 0 Å². The number of ether oxygens (including phenoxy) is 1. The summed E-state index contributed by atoms with van der Waals surface area (Å²) in [5, 5.41) is 2.99. The minimum atomic E-state index is -0.579. The molecule has 0 bridgehead atoms. The molecule has 2 amide bonds. The second kappa shape index (κ2) is 8.98. The predicted octanol–water partition coefficient (Wildman–Crippen LogP) is 3.33. The van der Waals surface area contributed by atoms with Gasteiger partial charge in [0, 0.05) is 17.7 Å². The first-order chi connectivity index (χ1) is 14.2. The number of carbonyl (C=O) groups is 2. The van der Waals surface area contributed by atoms with Gasteiger partial charge in [-0.3, -0.25) is 9.69 Å². The number of likely N-dealkylation sites (tertiary alicyclic amines) is 1. The molecule has 2 fully saturated rings. The van der Waals surface area contributed by atoms with Crippen molar-refractivity contribution in [2.75, 3.05) is 18.5 Å². The number of carbonyl (C=O) groups excluding carboxylic acids is 2. The van der Waals surface area contributed by atoms with Crippen LogP contribution in [0.15, 0.2) is 24.3 Å². The minimum absolute atomic E-state index is 0.219. The van der Waals surface area contributed by atoms with Crippen molar-refractivity contribution in [3.8, 4) is 0 Å². The minimum Gasteiger partial charge on any atom is -0.449 e. The number of nitrogens with one attached hydrogen (secondary N) is 1. The largest absolute Gasteiger partial charge is 0.496 e. The van der Waals surface area contributed by atoms with Gasteiger partial charge >= 0.3 is 13.2 Å². The monoisotopic (exact) mass is 416 g/mol. The number of amides is 2. The molecule has 0 aliphatic carbocycles. The Balaban J connectivity index is 1.71. The van der Waals surface area contributed by atoms with Crippen molar-refractivity contribution < 1.29 is 23.6 Å². The van der Waals surface area contributed by atoms with E-state index < -0.39 is 30.5 Å². The summed E-state index contributed by atoms with van der Waals surface area (Å²) < 4.78 is 17.6. The summed E-state index contributed by atoms with van der Waals surface area (Å²) >= 11 is 0. The van der Waals surface area contributed by atoms with Gasteiger partial charge in [0.1, 0.15) is 6.04 Å². The van der Waals surface area contributed by atoms with Crippen molar-refractivity contribution in [1.82, 2.24) is 4.90 Å². The fourth-order valence-corrected chi connectivity index (χ4v) is 3.65. The van der Waals surface area contributed by atoms with E-state index in [4.69, 9.17) is 14.0 Å². The van der Waals surface area contributed by atoms with Gasteiger partial charge in [0.2, 0.25) is 5.91 Å². The molecule has 0 radical (unpaired) electrons. The maximum atomic E-state index is 13.0. The zero-order chi connectivity index (χ0) is 21.9. The molecule has 2 aliphatic rings. The third-order valence-corrected chi connectivity index (χ3v) is 6.24. The maximum Gasteiger partial charge on any atom is 0.496 e. The molecule has 0 aromatic heterocycles. The molecule has 3 rings (SSSR count). The Bertz CT molecular complexity index is 767. The van der Waals surface area contributed by atoms with Crippen molar-refractivity contribution in [2.45, 2.75) is 77.5 Å². The molecule has 1 atom stereocenters. The van der Waals surface area contributed by atoms with Crippen molar-refractivity contribution in [2.24, 2.45) is 0 Å². The first kappa shape index (κ1) is 22.6. The number of para-hydroxylation sites is 1. The summed E-state index contributed by atoms with van der Waals surface area (Å²) in [5.74, 6) is -0.219. The number of benzene rings is 1. The normalized spacial score (nSPS) is 22.2. The molecule has 1 aromatic rings. The highest BCUT2D eigenvalue weighted by molar-refractivity contribution is 6.64. The van der Waals surface area contributed by atoms with Gasteiger partial charge < -0.3 is 19.4 Å². The second-order valence-electron chi connectivity index (χ2n) is 8.98. The molecule has 0 spiro atoms. The lowest BCUT2D eigenvalue weighted by Gasteiger charge is -2.32. The Kier molecular flexibility index (Phi) is 6.77. The lowest BCUT2D eigenvalue weighted by molar-refractivity contribution is -0.120. The lowest BCUT2D eigenvalue weighted by Crippen LogP contribution is -2.45. The summed E-state index contributed by atoms with van der Waals surface area (Å²) in [6, 6.07) is 6.93. The molecule has 1 unspecified atom stereocenters. The summed E-state index contributed by atoms with van der Waals surface area (Å²) in [6.45, 7) is 10.9. The zero-order valence-electron chi connectivity index (χ0n) is 18.7. The van der Waals surface area contributed by atoms with Crippen LogP contribution in [0.4, 0.5) is 10.5 Å². The molecular formula is C22H33BN2O5. The highest BCUT2D eigenvalue weighted by Crippen LogP contribution is 2.37. The lowest BCUT2D eigenvalue weighted by atomic mass is 9.77. The fraction of sp³-hybridized carbons (Fsp3) is 0.636. The average Bonchev–Trinajstić information content (AvgIpc) is 3.25. The highest BCUT2D eigenvalue weighted by Gasteiger charge is 2.52. The van der Waals surface area contributed by atoms with E-state index in [1.807, 2.05) is 58.9 Å². The van der Waals surface area contributed by atoms with Gasteiger partial charge in [-0.1, -0.05) is 31.5 Å². The van der Waals surface area contributed by atoms with Crippen LogP contribution in [-0.4, -0.2) is 54.4 Å². The molecule has 2 heterocycles. The van der Waals surface area contributed by atoms with E-state index in [1.54, 1.807) is 0 Å². The molecular weight excluding hydrogens is 383 g/mol. The van der Waals surface area contributed by atoms with E-state index in [0.29, 0.717) is 25.3 Å². The first-order valence-electron chi connectivity index (χ1n) is 10.8. The number of unbranched alkanes of at least 4 members (excludes halogenated alkanes) is 1. The van der Waals surface area contributed by atoms with Crippen molar-refractivity contribution in [1.29, 1.82) is 0 Å². The van der Waals surface area contributed by atoms with Gasteiger partial charge in [0.25, 0.3) is 0 Å². The van der Waals surface area contributed by atoms with Crippen LogP contribution in [-0.2, 0) is 18.8 Å². The Hall–Kier alpha value is -2.06. The standard InChI is InChI=1S/C22H33BN2O5/c1-6-7-15-28-20(27)25-14-10-13-18(25)19(26)24-17-12-9-8-11-16(17)23-29-21(2,3)22(4,5)30-23/h8-9,11-12,18H,6-7,10,13-15H2,1-5H3,(H,24,26). The van der Waals surface area contributed by atoms with Crippen LogP contribution >= 0.6 is 0 Å². The van der Waals surface area contributed by atoms with E-state index in [9.17, 15) is 9.59 Å². The van der Waals surface area contributed by atoms with E-state index in [0.717, 1.165) is 24.7 Å². The van der Waals surface area contributed by atoms with Crippen LogP contribution in [0.1, 0.15) is 60.3 Å². The topological polar surface area (TPSA) is 77.1 Å². The molecule has 1 N–H and O–H groups in total. The van der Waals surface area contributed by atoms with Crippen LogP contribution < -0.4 is 10.8 Å². The third-order valence-electron chi connectivity index (χ3n) is 6.24. The molecule has 8 heteroatoms. The number of rotatable bonds is 6.